The summed E-state index contributed by atoms with van der Waals surface area (Å²) in [5.74, 6) is -0.706. The number of likely N-dealkylation sites (tertiary alicyclic amines) is 1. The molecule has 1 N–H and O–H groups in total. The summed E-state index contributed by atoms with van der Waals surface area (Å²) >= 11 is 0. The molecule has 5 nitrogen and oxygen atoms in total. The number of carboxylic acids is 1. The molecular weight excluding hydrogens is 266 g/mol. The third kappa shape index (κ3) is 4.76. The molecule has 0 spiro atoms. The second-order valence-electron chi connectivity index (χ2n) is 6.21. The van der Waals surface area contributed by atoms with Gasteiger partial charge in [-0.2, -0.15) is 0 Å². The lowest BCUT2D eigenvalue weighted by atomic mass is 9.99. The average molecular weight is 291 g/mol. The van der Waals surface area contributed by atoms with Crippen LogP contribution < -0.4 is 0 Å². The molecule has 1 atom stereocenters. The highest BCUT2D eigenvalue weighted by Gasteiger charge is 2.31. The van der Waals surface area contributed by atoms with E-state index in [1.165, 1.54) is 0 Å². The van der Waals surface area contributed by atoms with Gasteiger partial charge in [0.15, 0.2) is 9.84 Å². The number of hydrogen-bond donors (Lipinski definition) is 1. The van der Waals surface area contributed by atoms with Crippen LogP contribution in [0, 0.1) is 0 Å². The highest BCUT2D eigenvalue weighted by atomic mass is 32.2. The molecule has 1 fully saturated rings. The van der Waals surface area contributed by atoms with Crippen LogP contribution in [0.3, 0.4) is 0 Å². The first-order valence-corrected chi connectivity index (χ1v) is 8.47. The molecule has 0 aromatic rings. The van der Waals surface area contributed by atoms with Gasteiger partial charge >= 0.3 is 5.97 Å². The fourth-order valence-electron chi connectivity index (χ4n) is 2.33. The smallest absolute Gasteiger partial charge is 0.304 e. The highest BCUT2D eigenvalue weighted by molar-refractivity contribution is 7.92. The first-order chi connectivity index (χ1) is 8.63. The van der Waals surface area contributed by atoms with Crippen LogP contribution in [0.15, 0.2) is 0 Å². The standard InChI is InChI=1S/C13H25NO4S/c1-13(2,3)19(17,18)9-8-14-7-5-4-6-11(14)10-12(15)16/h11H,4-10H2,1-3H3,(H,15,16). The van der Waals surface area contributed by atoms with Gasteiger partial charge < -0.3 is 5.11 Å². The Hall–Kier alpha value is -0.620. The Morgan fingerprint density at radius 1 is 1.32 bits per heavy atom. The molecule has 0 radical (unpaired) electrons. The molecule has 1 saturated heterocycles. The fraction of sp³-hybridized carbons (Fsp3) is 0.923. The van der Waals surface area contributed by atoms with Gasteiger partial charge in [0.25, 0.3) is 0 Å². The van der Waals surface area contributed by atoms with Crippen molar-refractivity contribution in [2.24, 2.45) is 0 Å². The molecule has 112 valence electrons. The summed E-state index contributed by atoms with van der Waals surface area (Å²) in [6.45, 7) is 6.35. The Labute approximate surface area is 115 Å². The Bertz CT molecular complexity index is 411. The fourth-order valence-corrected chi connectivity index (χ4v) is 3.42. The van der Waals surface area contributed by atoms with Gasteiger partial charge in [-0.1, -0.05) is 6.42 Å². The lowest BCUT2D eigenvalue weighted by Gasteiger charge is -2.35. The van der Waals surface area contributed by atoms with Crippen molar-refractivity contribution in [1.82, 2.24) is 4.90 Å². The van der Waals surface area contributed by atoms with Crippen LogP contribution in [0.2, 0.25) is 0 Å². The van der Waals surface area contributed by atoms with E-state index in [2.05, 4.69) is 0 Å². The van der Waals surface area contributed by atoms with Crippen molar-refractivity contribution in [3.63, 3.8) is 0 Å². The third-order valence-corrected chi connectivity index (χ3v) is 6.33. The van der Waals surface area contributed by atoms with Gasteiger partial charge in [-0.15, -0.1) is 0 Å². The molecule has 1 aliphatic rings. The average Bonchev–Trinajstić information content (AvgIpc) is 2.25. The number of nitrogens with zero attached hydrogens (tertiary/aromatic N) is 1. The Balaban J connectivity index is 2.61. The molecule has 1 heterocycles. The first kappa shape index (κ1) is 16.4. The lowest BCUT2D eigenvalue weighted by molar-refractivity contribution is -0.138. The summed E-state index contributed by atoms with van der Waals surface area (Å²) in [7, 11) is -3.14. The van der Waals surface area contributed by atoms with E-state index in [0.717, 1.165) is 25.8 Å². The molecule has 1 aliphatic heterocycles. The zero-order chi connectivity index (χ0) is 14.7. The molecular formula is C13H25NO4S. The Morgan fingerprint density at radius 2 is 1.95 bits per heavy atom. The molecule has 6 heteroatoms. The Kier molecular flexibility index (Phi) is 5.38. The van der Waals surface area contributed by atoms with Crippen molar-refractivity contribution in [2.45, 2.75) is 57.2 Å². The minimum atomic E-state index is -3.14. The van der Waals surface area contributed by atoms with Gasteiger partial charge in [-0.3, -0.25) is 9.69 Å². The largest absolute Gasteiger partial charge is 0.481 e. The normalized spacial score (nSPS) is 22.4. The summed E-state index contributed by atoms with van der Waals surface area (Å²) < 4.78 is 23.4. The molecule has 0 aliphatic carbocycles. The van der Waals surface area contributed by atoms with Crippen molar-refractivity contribution in [1.29, 1.82) is 0 Å². The maximum absolute atomic E-state index is 12.1. The van der Waals surface area contributed by atoms with Gasteiger partial charge in [0.05, 0.1) is 16.9 Å². The minimum absolute atomic E-state index is 0.0126. The second-order valence-corrected chi connectivity index (χ2v) is 9.08. The number of sulfone groups is 1. The predicted molar refractivity (Wildman–Crippen MR) is 75.0 cm³/mol. The van der Waals surface area contributed by atoms with Gasteiger partial charge in [-0.05, 0) is 40.2 Å². The van der Waals surface area contributed by atoms with Crippen LogP contribution in [-0.2, 0) is 14.6 Å². The number of carbonyl (C=O) groups is 1. The molecule has 1 unspecified atom stereocenters. The summed E-state index contributed by atoms with van der Waals surface area (Å²) in [6, 6.07) is -0.0126. The van der Waals surface area contributed by atoms with E-state index >= 15 is 0 Å². The summed E-state index contributed by atoms with van der Waals surface area (Å²) in [4.78, 5) is 12.9. The molecule has 0 amide bonds. The van der Waals surface area contributed by atoms with E-state index in [0.29, 0.717) is 6.54 Å². The van der Waals surface area contributed by atoms with Gasteiger partial charge in [0.1, 0.15) is 0 Å². The second kappa shape index (κ2) is 6.22. The van der Waals surface area contributed by atoms with E-state index in [1.807, 2.05) is 4.90 Å². The topological polar surface area (TPSA) is 74.7 Å². The molecule has 1 rings (SSSR count). The van der Waals surface area contributed by atoms with E-state index in [1.54, 1.807) is 20.8 Å². The summed E-state index contributed by atoms with van der Waals surface area (Å²) in [6.07, 6.45) is 3.00. The zero-order valence-corrected chi connectivity index (χ0v) is 12.9. The number of rotatable bonds is 5. The van der Waals surface area contributed by atoms with E-state index < -0.39 is 20.6 Å². The van der Waals surface area contributed by atoms with E-state index in [-0.39, 0.29) is 18.2 Å². The summed E-state index contributed by atoms with van der Waals surface area (Å²) in [5.41, 5.74) is 0. The molecule has 0 aromatic heterocycles. The third-order valence-electron chi connectivity index (χ3n) is 3.74. The number of aliphatic carboxylic acids is 1. The molecule has 0 bridgehead atoms. The van der Waals surface area contributed by atoms with Crippen molar-refractivity contribution < 1.29 is 18.3 Å². The van der Waals surface area contributed by atoms with E-state index in [9.17, 15) is 13.2 Å². The van der Waals surface area contributed by atoms with Crippen LogP contribution in [0.5, 0.6) is 0 Å². The monoisotopic (exact) mass is 291 g/mol. The highest BCUT2D eigenvalue weighted by Crippen LogP contribution is 2.21. The number of hydrogen-bond acceptors (Lipinski definition) is 4. The quantitative estimate of drug-likeness (QED) is 0.831. The Morgan fingerprint density at radius 3 is 2.47 bits per heavy atom. The van der Waals surface area contributed by atoms with Crippen molar-refractivity contribution in [3.8, 4) is 0 Å². The van der Waals surface area contributed by atoms with Crippen molar-refractivity contribution in [2.75, 3.05) is 18.8 Å². The van der Waals surface area contributed by atoms with Gasteiger partial charge in [0, 0.05) is 12.6 Å². The first-order valence-electron chi connectivity index (χ1n) is 6.81. The van der Waals surface area contributed by atoms with Crippen LogP contribution in [0.1, 0.15) is 46.5 Å². The predicted octanol–water partition coefficient (Wildman–Crippen LogP) is 1.53. The van der Waals surface area contributed by atoms with Crippen LogP contribution in [0.4, 0.5) is 0 Å². The number of piperidine rings is 1. The molecule has 19 heavy (non-hydrogen) atoms. The van der Waals surface area contributed by atoms with Crippen molar-refractivity contribution >= 4 is 15.8 Å². The summed E-state index contributed by atoms with van der Waals surface area (Å²) in [5, 5.41) is 8.90. The van der Waals surface area contributed by atoms with E-state index in [4.69, 9.17) is 5.11 Å². The van der Waals surface area contributed by atoms with Gasteiger partial charge in [-0.25, -0.2) is 8.42 Å². The van der Waals surface area contributed by atoms with Gasteiger partial charge in [0.2, 0.25) is 0 Å². The molecule has 0 saturated carbocycles. The lowest BCUT2D eigenvalue weighted by Crippen LogP contribution is -2.44. The van der Waals surface area contributed by atoms with Crippen molar-refractivity contribution in [3.05, 3.63) is 0 Å². The molecule has 0 aromatic carbocycles. The number of carboxylic acid groups (broad SMARTS) is 1. The SMILES string of the molecule is CC(C)(C)S(=O)(=O)CCN1CCCCC1CC(=O)O. The van der Waals surface area contributed by atoms with Crippen LogP contribution in [0.25, 0.3) is 0 Å². The maximum Gasteiger partial charge on any atom is 0.304 e. The maximum atomic E-state index is 12.1. The van der Waals surface area contributed by atoms with Crippen LogP contribution in [-0.4, -0.2) is 54.0 Å². The van der Waals surface area contributed by atoms with Crippen LogP contribution >= 0.6 is 0 Å². The zero-order valence-electron chi connectivity index (χ0n) is 12.1. The minimum Gasteiger partial charge on any atom is -0.481 e.